The van der Waals surface area contributed by atoms with Crippen molar-refractivity contribution in [3.05, 3.63) is 12.2 Å². The molecule has 0 saturated carbocycles. The molecule has 0 radical (unpaired) electrons. The van der Waals surface area contributed by atoms with Crippen molar-refractivity contribution < 1.29 is 28.6 Å². The highest BCUT2D eigenvalue weighted by Crippen LogP contribution is 2.18. The molecule has 0 aliphatic heterocycles. The van der Waals surface area contributed by atoms with Gasteiger partial charge in [-0.3, -0.25) is 14.4 Å². The zero-order valence-corrected chi connectivity index (χ0v) is 46.9. The summed E-state index contributed by atoms with van der Waals surface area (Å²) in [5.41, 5.74) is 0. The number of rotatable bonds is 58. The molecule has 0 rings (SSSR count). The van der Waals surface area contributed by atoms with Gasteiger partial charge in [0.15, 0.2) is 6.10 Å². The van der Waals surface area contributed by atoms with Crippen LogP contribution < -0.4 is 0 Å². The molecule has 0 heterocycles. The molecule has 0 spiro atoms. The molecule has 0 aromatic rings. The first kappa shape index (κ1) is 67.1. The van der Waals surface area contributed by atoms with E-state index in [0.717, 1.165) is 64.2 Å². The van der Waals surface area contributed by atoms with Crippen LogP contribution in [0.1, 0.15) is 355 Å². The Kier molecular flexibility index (Phi) is 57.1. The maximum atomic E-state index is 12.8. The number of hydrogen-bond acceptors (Lipinski definition) is 6. The fraction of sp³-hybridized carbons (Fsp3) is 0.921. The predicted octanol–water partition coefficient (Wildman–Crippen LogP) is 20.9. The van der Waals surface area contributed by atoms with E-state index in [0.29, 0.717) is 19.3 Å². The summed E-state index contributed by atoms with van der Waals surface area (Å²) in [6.45, 7) is 6.67. The van der Waals surface area contributed by atoms with E-state index >= 15 is 0 Å². The van der Waals surface area contributed by atoms with Gasteiger partial charge < -0.3 is 14.2 Å². The van der Waals surface area contributed by atoms with Crippen molar-refractivity contribution in [3.63, 3.8) is 0 Å². The first-order valence-electron chi connectivity index (χ1n) is 31.2. The normalized spacial score (nSPS) is 12.0. The lowest BCUT2D eigenvalue weighted by Crippen LogP contribution is -2.30. The molecule has 0 bridgehead atoms. The molecular weight excluding hydrogens is 853 g/mol. The molecule has 408 valence electrons. The summed E-state index contributed by atoms with van der Waals surface area (Å²) in [5, 5.41) is 0. The van der Waals surface area contributed by atoms with Gasteiger partial charge in [-0.1, -0.05) is 303 Å². The average molecular weight is 974 g/mol. The molecule has 6 heteroatoms. The molecule has 0 aliphatic carbocycles. The van der Waals surface area contributed by atoms with Crippen LogP contribution in [-0.2, 0) is 28.6 Å². The van der Waals surface area contributed by atoms with Gasteiger partial charge >= 0.3 is 17.9 Å². The maximum absolute atomic E-state index is 12.8. The number of ether oxygens (including phenoxy) is 3. The van der Waals surface area contributed by atoms with Gasteiger partial charge in [-0.05, 0) is 44.9 Å². The summed E-state index contributed by atoms with van der Waals surface area (Å²) in [6, 6.07) is 0. The van der Waals surface area contributed by atoms with Crippen molar-refractivity contribution >= 4 is 17.9 Å². The molecule has 0 fully saturated rings. The molecule has 0 aromatic carbocycles. The van der Waals surface area contributed by atoms with Gasteiger partial charge in [0.25, 0.3) is 0 Å². The summed E-state index contributed by atoms with van der Waals surface area (Å²) in [4.78, 5) is 38.1. The molecule has 69 heavy (non-hydrogen) atoms. The monoisotopic (exact) mass is 973 g/mol. The van der Waals surface area contributed by atoms with Crippen LogP contribution in [0.4, 0.5) is 0 Å². The van der Waals surface area contributed by atoms with E-state index in [2.05, 4.69) is 32.9 Å². The minimum absolute atomic E-state index is 0.0676. The highest BCUT2D eigenvalue weighted by atomic mass is 16.6. The second kappa shape index (κ2) is 58.7. The highest BCUT2D eigenvalue weighted by molar-refractivity contribution is 5.71. The van der Waals surface area contributed by atoms with Crippen LogP contribution in [0, 0.1) is 0 Å². The van der Waals surface area contributed by atoms with Crippen molar-refractivity contribution in [1.82, 2.24) is 0 Å². The predicted molar refractivity (Wildman–Crippen MR) is 298 cm³/mol. The van der Waals surface area contributed by atoms with Crippen molar-refractivity contribution in [2.45, 2.75) is 361 Å². The summed E-state index contributed by atoms with van der Waals surface area (Å²) in [5.74, 6) is -0.854. The molecule has 0 saturated heterocycles. The van der Waals surface area contributed by atoms with Crippen LogP contribution in [0.25, 0.3) is 0 Å². The van der Waals surface area contributed by atoms with Crippen molar-refractivity contribution in [1.29, 1.82) is 0 Å². The van der Waals surface area contributed by atoms with E-state index in [1.54, 1.807) is 0 Å². The number of unbranched alkanes of at least 4 members (excludes halogenated alkanes) is 45. The van der Waals surface area contributed by atoms with E-state index in [1.165, 1.54) is 250 Å². The van der Waals surface area contributed by atoms with Crippen molar-refractivity contribution in [2.24, 2.45) is 0 Å². The summed E-state index contributed by atoms with van der Waals surface area (Å²) < 4.78 is 16.9. The quantitative estimate of drug-likeness (QED) is 0.0261. The van der Waals surface area contributed by atoms with Gasteiger partial charge in [-0.25, -0.2) is 0 Å². The van der Waals surface area contributed by atoms with Crippen LogP contribution in [0.5, 0.6) is 0 Å². The Bertz CT molecular complexity index is 1070. The van der Waals surface area contributed by atoms with Gasteiger partial charge in [-0.15, -0.1) is 0 Å². The third kappa shape index (κ3) is 56.9. The molecule has 1 unspecified atom stereocenters. The second-order valence-corrected chi connectivity index (χ2v) is 21.3. The van der Waals surface area contributed by atoms with Gasteiger partial charge in [0, 0.05) is 19.3 Å². The standard InChI is InChI=1S/C63H120O6/c1-4-7-10-13-16-19-22-24-26-27-28-29-30-31-32-33-34-35-36-37-38-40-41-44-47-50-53-56-62(65)68-59-60(58-67-61(64)55-52-49-46-43-21-18-15-12-9-6-3)69-63(66)57-54-51-48-45-42-39-25-23-20-17-14-11-8-5-2/h23,25,60H,4-22,24,26-59H2,1-3H3/b25-23-. The largest absolute Gasteiger partial charge is 0.462 e. The number of esters is 3. The summed E-state index contributed by atoms with van der Waals surface area (Å²) in [7, 11) is 0. The van der Waals surface area contributed by atoms with Crippen molar-refractivity contribution in [2.75, 3.05) is 13.2 Å². The Morgan fingerprint density at radius 2 is 0.478 bits per heavy atom. The first-order valence-corrected chi connectivity index (χ1v) is 31.2. The lowest BCUT2D eigenvalue weighted by molar-refractivity contribution is -0.167. The van der Waals surface area contributed by atoms with Gasteiger partial charge in [-0.2, -0.15) is 0 Å². The minimum atomic E-state index is -0.768. The van der Waals surface area contributed by atoms with Crippen LogP contribution in [-0.4, -0.2) is 37.2 Å². The molecule has 1 atom stereocenters. The smallest absolute Gasteiger partial charge is 0.306 e. The average Bonchev–Trinajstić information content (AvgIpc) is 3.35. The minimum Gasteiger partial charge on any atom is -0.462 e. The van der Waals surface area contributed by atoms with Crippen molar-refractivity contribution in [3.8, 4) is 0 Å². The zero-order chi connectivity index (χ0) is 50.0. The van der Waals surface area contributed by atoms with Crippen LogP contribution in [0.3, 0.4) is 0 Å². The zero-order valence-electron chi connectivity index (χ0n) is 46.9. The SMILES string of the molecule is CCCCCCC/C=C\CCCCCCCC(=O)OC(COC(=O)CCCCCCCCCCCC)COC(=O)CCCCCCCCCCCCCCCCCCCCCCCCCCCCC. The van der Waals surface area contributed by atoms with E-state index in [1.807, 2.05) is 0 Å². The lowest BCUT2D eigenvalue weighted by atomic mass is 10.0. The first-order chi connectivity index (χ1) is 34.0. The van der Waals surface area contributed by atoms with Gasteiger partial charge in [0.2, 0.25) is 0 Å². The van der Waals surface area contributed by atoms with E-state index in [9.17, 15) is 14.4 Å². The molecule has 0 aromatic heterocycles. The lowest BCUT2D eigenvalue weighted by Gasteiger charge is -2.18. The molecular formula is C63H120O6. The summed E-state index contributed by atoms with van der Waals surface area (Å²) in [6.07, 6.45) is 68.1. The third-order valence-electron chi connectivity index (χ3n) is 14.3. The topological polar surface area (TPSA) is 78.9 Å². The molecule has 0 amide bonds. The summed E-state index contributed by atoms with van der Waals surface area (Å²) >= 11 is 0. The molecule has 6 nitrogen and oxygen atoms in total. The molecule has 0 aliphatic rings. The van der Waals surface area contributed by atoms with Gasteiger partial charge in [0.05, 0.1) is 0 Å². The Hall–Kier alpha value is -1.85. The van der Waals surface area contributed by atoms with E-state index in [-0.39, 0.29) is 31.1 Å². The fourth-order valence-corrected chi connectivity index (χ4v) is 9.56. The maximum Gasteiger partial charge on any atom is 0.306 e. The Morgan fingerprint density at radius 3 is 0.725 bits per heavy atom. The van der Waals surface area contributed by atoms with Crippen LogP contribution in [0.2, 0.25) is 0 Å². The Labute approximate surface area is 431 Å². The molecule has 0 N–H and O–H groups in total. The van der Waals surface area contributed by atoms with E-state index in [4.69, 9.17) is 14.2 Å². The van der Waals surface area contributed by atoms with Gasteiger partial charge in [0.1, 0.15) is 13.2 Å². The van der Waals surface area contributed by atoms with Crippen LogP contribution >= 0.6 is 0 Å². The van der Waals surface area contributed by atoms with Crippen LogP contribution in [0.15, 0.2) is 12.2 Å². The van der Waals surface area contributed by atoms with E-state index < -0.39 is 6.10 Å². The number of carbonyl (C=O) groups excluding carboxylic acids is 3. The Balaban J connectivity index is 4.09. The second-order valence-electron chi connectivity index (χ2n) is 21.3. The third-order valence-corrected chi connectivity index (χ3v) is 14.3. The number of carbonyl (C=O) groups is 3. The Morgan fingerprint density at radius 1 is 0.275 bits per heavy atom. The fourth-order valence-electron chi connectivity index (χ4n) is 9.56. The number of allylic oxidation sites excluding steroid dienone is 2. The highest BCUT2D eigenvalue weighted by Gasteiger charge is 2.19. The number of hydrogen-bond donors (Lipinski definition) is 0.